The van der Waals surface area contributed by atoms with Crippen molar-refractivity contribution in [1.82, 2.24) is 9.62 Å². The first-order chi connectivity index (χ1) is 9.37. The maximum Gasteiger partial charge on any atom is 0.252 e. The molecule has 8 heteroatoms. The zero-order valence-electron chi connectivity index (χ0n) is 11.6. The molecular weight excluding hydrogens is 306 g/mol. The van der Waals surface area contributed by atoms with Crippen molar-refractivity contribution in [3.8, 4) is 0 Å². The first kappa shape index (κ1) is 17.5. The summed E-state index contributed by atoms with van der Waals surface area (Å²) in [7, 11) is -2.63. The topological polar surface area (TPSA) is 49.4 Å². The molecule has 0 atom stereocenters. The average molecular weight is 326 g/mol. The Kier molecular flexibility index (Phi) is 7.01. The summed E-state index contributed by atoms with van der Waals surface area (Å²) in [5.41, 5.74) is 0. The number of alkyl halides is 2. The summed E-state index contributed by atoms with van der Waals surface area (Å²) in [4.78, 5) is 0.928. The molecule has 1 rings (SSSR count). The van der Waals surface area contributed by atoms with Gasteiger partial charge in [-0.15, -0.1) is 11.3 Å². The van der Waals surface area contributed by atoms with Crippen LogP contribution in [0.25, 0.3) is 0 Å². The predicted molar refractivity (Wildman–Crippen MR) is 77.0 cm³/mol. The second-order valence-electron chi connectivity index (χ2n) is 4.40. The number of nitrogens with one attached hydrogen (secondary N) is 1. The van der Waals surface area contributed by atoms with Gasteiger partial charge in [-0.2, -0.15) is 4.31 Å². The van der Waals surface area contributed by atoms with E-state index < -0.39 is 23.0 Å². The Morgan fingerprint density at radius 2 is 2.05 bits per heavy atom. The molecular formula is C12H20F2N2O2S2. The molecule has 1 aromatic rings. The van der Waals surface area contributed by atoms with Crippen LogP contribution in [0.15, 0.2) is 16.3 Å². The Balaban J connectivity index is 2.65. The van der Waals surface area contributed by atoms with Gasteiger partial charge in [0.2, 0.25) is 0 Å². The number of rotatable bonds is 9. The first-order valence-corrected chi connectivity index (χ1v) is 8.67. The largest absolute Gasteiger partial charge is 0.316 e. The molecule has 1 aromatic heterocycles. The highest BCUT2D eigenvalue weighted by Crippen LogP contribution is 2.24. The lowest BCUT2D eigenvalue weighted by Gasteiger charge is -2.14. The number of hydrogen-bond donors (Lipinski definition) is 1. The van der Waals surface area contributed by atoms with Gasteiger partial charge in [0.15, 0.2) is 0 Å². The maximum absolute atomic E-state index is 12.3. The summed E-state index contributed by atoms with van der Waals surface area (Å²) in [6, 6.07) is 3.22. The molecule has 0 amide bonds. The van der Waals surface area contributed by atoms with E-state index in [2.05, 4.69) is 12.2 Å². The van der Waals surface area contributed by atoms with Crippen molar-refractivity contribution in [1.29, 1.82) is 0 Å². The first-order valence-electron chi connectivity index (χ1n) is 6.41. The van der Waals surface area contributed by atoms with Crippen LogP contribution < -0.4 is 5.32 Å². The van der Waals surface area contributed by atoms with Gasteiger partial charge in [-0.1, -0.05) is 6.92 Å². The molecule has 0 saturated heterocycles. The Hall–Kier alpha value is -0.570. The smallest absolute Gasteiger partial charge is 0.252 e. The minimum atomic E-state index is -3.80. The second-order valence-corrected chi connectivity index (χ2v) is 7.84. The quantitative estimate of drug-likeness (QED) is 0.708. The Bertz CT molecular complexity index is 503. The van der Waals surface area contributed by atoms with Crippen molar-refractivity contribution in [2.75, 3.05) is 26.7 Å². The standard InChI is InChI=1S/C12H20F2N2O2S2/c1-3-7-15-8-6-10-4-5-12(19-10)20(17,18)16(2)9-11(13)14/h4-5,11,15H,3,6-9H2,1-2H3. The fourth-order valence-electron chi connectivity index (χ4n) is 1.59. The van der Waals surface area contributed by atoms with E-state index in [1.807, 2.05) is 0 Å². The average Bonchev–Trinajstić information content (AvgIpc) is 2.83. The van der Waals surface area contributed by atoms with Crippen LogP contribution in [-0.2, 0) is 16.4 Å². The number of sulfonamides is 1. The molecule has 0 bridgehead atoms. The molecule has 0 aliphatic heterocycles. The van der Waals surface area contributed by atoms with E-state index in [0.717, 1.165) is 42.1 Å². The summed E-state index contributed by atoms with van der Waals surface area (Å²) in [6.45, 7) is 2.99. The van der Waals surface area contributed by atoms with Gasteiger partial charge in [0.05, 0.1) is 6.54 Å². The van der Waals surface area contributed by atoms with E-state index in [-0.39, 0.29) is 4.21 Å². The third kappa shape index (κ3) is 5.08. The van der Waals surface area contributed by atoms with E-state index >= 15 is 0 Å². The predicted octanol–water partition coefficient (Wildman–Crippen LogP) is 2.18. The number of nitrogens with zero attached hydrogens (tertiary/aromatic N) is 1. The fraction of sp³-hybridized carbons (Fsp3) is 0.667. The van der Waals surface area contributed by atoms with Crippen LogP contribution in [0.1, 0.15) is 18.2 Å². The maximum atomic E-state index is 12.3. The highest BCUT2D eigenvalue weighted by molar-refractivity contribution is 7.91. The van der Waals surface area contributed by atoms with Crippen LogP contribution in [0.4, 0.5) is 8.78 Å². The summed E-state index contributed by atoms with van der Waals surface area (Å²) >= 11 is 1.14. The van der Waals surface area contributed by atoms with Gasteiger partial charge in [-0.05, 0) is 38.1 Å². The van der Waals surface area contributed by atoms with E-state index in [1.165, 1.54) is 13.1 Å². The molecule has 116 valence electrons. The van der Waals surface area contributed by atoms with E-state index in [9.17, 15) is 17.2 Å². The molecule has 4 nitrogen and oxygen atoms in total. The molecule has 0 saturated carbocycles. The third-order valence-electron chi connectivity index (χ3n) is 2.67. The van der Waals surface area contributed by atoms with Gasteiger partial charge in [0.1, 0.15) is 4.21 Å². The van der Waals surface area contributed by atoms with Crippen LogP contribution in [0.3, 0.4) is 0 Å². The highest BCUT2D eigenvalue weighted by atomic mass is 32.2. The molecule has 0 aromatic carbocycles. The normalized spacial score (nSPS) is 12.5. The van der Waals surface area contributed by atoms with E-state index in [1.54, 1.807) is 6.07 Å². The van der Waals surface area contributed by atoms with Crippen molar-refractivity contribution < 1.29 is 17.2 Å². The highest BCUT2D eigenvalue weighted by Gasteiger charge is 2.25. The van der Waals surface area contributed by atoms with Gasteiger partial charge < -0.3 is 5.32 Å². The molecule has 0 aliphatic carbocycles. The molecule has 1 N–H and O–H groups in total. The lowest BCUT2D eigenvalue weighted by molar-refractivity contribution is 0.126. The molecule has 1 heterocycles. The van der Waals surface area contributed by atoms with Crippen LogP contribution in [0.5, 0.6) is 0 Å². The number of halogens is 2. The minimum absolute atomic E-state index is 0.117. The van der Waals surface area contributed by atoms with Crippen molar-refractivity contribution >= 4 is 21.4 Å². The Morgan fingerprint density at radius 1 is 1.35 bits per heavy atom. The van der Waals surface area contributed by atoms with Gasteiger partial charge >= 0.3 is 0 Å². The Morgan fingerprint density at radius 3 is 2.65 bits per heavy atom. The Labute approximate surface area is 122 Å². The van der Waals surface area contributed by atoms with Gasteiger partial charge in [-0.25, -0.2) is 17.2 Å². The van der Waals surface area contributed by atoms with Crippen LogP contribution in [0, 0.1) is 0 Å². The molecule has 0 spiro atoms. The van der Waals surface area contributed by atoms with E-state index in [0.29, 0.717) is 4.31 Å². The van der Waals surface area contributed by atoms with Crippen molar-refractivity contribution in [2.24, 2.45) is 0 Å². The molecule has 0 fully saturated rings. The summed E-state index contributed by atoms with van der Waals surface area (Å²) < 4.78 is 49.4. The van der Waals surface area contributed by atoms with Crippen molar-refractivity contribution in [2.45, 2.75) is 30.4 Å². The van der Waals surface area contributed by atoms with Crippen LogP contribution in [0.2, 0.25) is 0 Å². The van der Waals surface area contributed by atoms with Gasteiger partial charge in [0, 0.05) is 11.9 Å². The summed E-state index contributed by atoms with van der Waals surface area (Å²) in [5.74, 6) is 0. The van der Waals surface area contributed by atoms with E-state index in [4.69, 9.17) is 0 Å². The van der Waals surface area contributed by atoms with Crippen molar-refractivity contribution in [3.63, 3.8) is 0 Å². The van der Waals surface area contributed by atoms with Gasteiger partial charge in [-0.3, -0.25) is 0 Å². The lowest BCUT2D eigenvalue weighted by atomic mass is 10.3. The SMILES string of the molecule is CCCNCCc1ccc(S(=O)(=O)N(C)CC(F)F)s1. The van der Waals surface area contributed by atoms with Crippen LogP contribution >= 0.6 is 11.3 Å². The minimum Gasteiger partial charge on any atom is -0.316 e. The lowest BCUT2D eigenvalue weighted by Crippen LogP contribution is -2.30. The molecule has 0 radical (unpaired) electrons. The summed E-state index contributed by atoms with van der Waals surface area (Å²) in [6.07, 6.45) is -0.895. The number of thiophene rings is 1. The summed E-state index contributed by atoms with van der Waals surface area (Å²) in [5, 5.41) is 3.23. The zero-order chi connectivity index (χ0) is 15.2. The fourth-order valence-corrected chi connectivity index (χ4v) is 4.31. The second kappa shape index (κ2) is 8.02. The van der Waals surface area contributed by atoms with Gasteiger partial charge in [0.25, 0.3) is 16.4 Å². The monoisotopic (exact) mass is 326 g/mol. The van der Waals surface area contributed by atoms with Crippen molar-refractivity contribution in [3.05, 3.63) is 17.0 Å². The third-order valence-corrected chi connectivity index (χ3v) is 6.11. The molecule has 0 unspecified atom stereocenters. The molecule has 20 heavy (non-hydrogen) atoms. The number of hydrogen-bond acceptors (Lipinski definition) is 4. The molecule has 0 aliphatic rings. The zero-order valence-corrected chi connectivity index (χ0v) is 13.2. The van der Waals surface area contributed by atoms with Crippen LogP contribution in [-0.4, -0.2) is 45.8 Å².